The number of hydrogen-bond acceptors (Lipinski definition) is 4. The second-order valence-corrected chi connectivity index (χ2v) is 4.07. The summed E-state index contributed by atoms with van der Waals surface area (Å²) in [5.74, 6) is -1.22. The number of nitriles is 1. The molecule has 0 radical (unpaired) electrons. The third kappa shape index (κ3) is 3.96. The highest BCUT2D eigenvalue weighted by Gasteiger charge is 2.21. The molecule has 7 heteroatoms. The van der Waals surface area contributed by atoms with Crippen LogP contribution in [0.4, 0.5) is 10.5 Å². The van der Waals surface area contributed by atoms with Gasteiger partial charge >= 0.3 is 12.0 Å². The normalized spacial score (nSPS) is 11.2. The number of anilines is 1. The average molecular weight is 277 g/mol. The van der Waals surface area contributed by atoms with Crippen molar-refractivity contribution in [1.29, 1.82) is 5.26 Å². The molecule has 20 heavy (non-hydrogen) atoms. The summed E-state index contributed by atoms with van der Waals surface area (Å²) in [5.41, 5.74) is 0.863. The highest BCUT2D eigenvalue weighted by atomic mass is 16.4. The summed E-state index contributed by atoms with van der Waals surface area (Å²) in [5, 5.41) is 28.8. The molecule has 0 saturated heterocycles. The number of rotatable bonds is 5. The first kappa shape index (κ1) is 15.5. The van der Waals surface area contributed by atoms with Gasteiger partial charge in [-0.1, -0.05) is 6.07 Å². The van der Waals surface area contributed by atoms with E-state index in [1.54, 1.807) is 18.2 Å². The van der Waals surface area contributed by atoms with Gasteiger partial charge in [-0.2, -0.15) is 5.26 Å². The predicted molar refractivity (Wildman–Crippen MR) is 71.2 cm³/mol. The molecule has 0 aromatic heterocycles. The van der Waals surface area contributed by atoms with Crippen LogP contribution in [0.2, 0.25) is 0 Å². The van der Waals surface area contributed by atoms with Gasteiger partial charge in [-0.05, 0) is 18.2 Å². The number of urea groups is 1. The third-order valence-corrected chi connectivity index (χ3v) is 2.68. The maximum atomic E-state index is 11.9. The number of hydrogen-bond donors (Lipinski definition) is 3. The molecule has 1 atom stereocenters. The van der Waals surface area contributed by atoms with Crippen molar-refractivity contribution in [3.05, 3.63) is 29.8 Å². The first-order valence-electron chi connectivity index (χ1n) is 5.87. The fourth-order valence-electron chi connectivity index (χ4n) is 1.53. The fraction of sp³-hybridized carbons (Fsp3) is 0.308. The van der Waals surface area contributed by atoms with Gasteiger partial charge in [0.1, 0.15) is 6.04 Å². The number of aliphatic hydroxyl groups excluding tert-OH is 1. The molecule has 0 bridgehead atoms. The molecule has 0 unspecified atom stereocenters. The van der Waals surface area contributed by atoms with Gasteiger partial charge in [-0.15, -0.1) is 0 Å². The highest BCUT2D eigenvalue weighted by Crippen LogP contribution is 2.14. The third-order valence-electron chi connectivity index (χ3n) is 2.68. The first-order chi connectivity index (χ1) is 9.49. The van der Waals surface area contributed by atoms with E-state index in [2.05, 4.69) is 5.32 Å². The van der Waals surface area contributed by atoms with Crippen molar-refractivity contribution >= 4 is 17.7 Å². The molecule has 0 heterocycles. The van der Waals surface area contributed by atoms with E-state index in [1.165, 1.54) is 18.0 Å². The molecule has 7 nitrogen and oxygen atoms in total. The largest absolute Gasteiger partial charge is 0.480 e. The molecule has 0 aliphatic heterocycles. The number of carboxylic acid groups (broad SMARTS) is 1. The van der Waals surface area contributed by atoms with Crippen LogP contribution in [0, 0.1) is 11.3 Å². The molecule has 0 saturated carbocycles. The van der Waals surface area contributed by atoms with Gasteiger partial charge in [-0.3, -0.25) is 4.90 Å². The molecule has 0 spiro atoms. The number of carbonyl (C=O) groups is 2. The lowest BCUT2D eigenvalue weighted by Crippen LogP contribution is -2.47. The van der Waals surface area contributed by atoms with Crippen molar-refractivity contribution in [2.24, 2.45) is 0 Å². The van der Waals surface area contributed by atoms with Crippen LogP contribution in [0.3, 0.4) is 0 Å². The number of aliphatic hydroxyl groups is 1. The van der Waals surface area contributed by atoms with E-state index in [0.29, 0.717) is 11.3 Å². The molecule has 1 rings (SSSR count). The standard InChI is InChI=1S/C13H15N3O4/c1-16(10-4-2-3-9(7-10)8-14)13(20)15-11(5-6-17)12(18)19/h2-4,7,11,17H,5-6H2,1H3,(H,15,20)(H,18,19)/t11-/m0/s1. The van der Waals surface area contributed by atoms with E-state index in [9.17, 15) is 9.59 Å². The second kappa shape index (κ2) is 7.11. The molecule has 1 aromatic rings. The van der Waals surface area contributed by atoms with Crippen LogP contribution in [0.15, 0.2) is 24.3 Å². The summed E-state index contributed by atoms with van der Waals surface area (Å²) < 4.78 is 0. The predicted octanol–water partition coefficient (Wildman–Crippen LogP) is 0.540. The van der Waals surface area contributed by atoms with Gasteiger partial charge in [0.15, 0.2) is 0 Å². The smallest absolute Gasteiger partial charge is 0.326 e. The molecule has 0 aliphatic carbocycles. The van der Waals surface area contributed by atoms with Crippen molar-refractivity contribution < 1.29 is 19.8 Å². The van der Waals surface area contributed by atoms with Crippen molar-refractivity contribution in [2.45, 2.75) is 12.5 Å². The lowest BCUT2D eigenvalue weighted by Gasteiger charge is -2.21. The van der Waals surface area contributed by atoms with E-state index >= 15 is 0 Å². The summed E-state index contributed by atoms with van der Waals surface area (Å²) in [4.78, 5) is 24.0. The summed E-state index contributed by atoms with van der Waals surface area (Å²) >= 11 is 0. The molecule has 1 aromatic carbocycles. The SMILES string of the molecule is CN(C(=O)N[C@@H](CCO)C(=O)O)c1cccc(C#N)c1. The van der Waals surface area contributed by atoms with E-state index in [1.807, 2.05) is 6.07 Å². The Hall–Kier alpha value is -2.59. The van der Waals surface area contributed by atoms with Crippen molar-refractivity contribution in [1.82, 2.24) is 5.32 Å². The van der Waals surface area contributed by atoms with Crippen LogP contribution >= 0.6 is 0 Å². The molecule has 2 amide bonds. The zero-order chi connectivity index (χ0) is 15.1. The summed E-state index contributed by atoms with van der Waals surface area (Å²) in [6.45, 7) is -0.342. The van der Waals surface area contributed by atoms with Crippen molar-refractivity contribution in [3.8, 4) is 6.07 Å². The Balaban J connectivity index is 2.80. The fourth-order valence-corrected chi connectivity index (χ4v) is 1.53. The Kier molecular flexibility index (Phi) is 5.50. The number of carboxylic acids is 1. The molecule has 3 N–H and O–H groups in total. The minimum Gasteiger partial charge on any atom is -0.480 e. The number of nitrogens with zero attached hydrogens (tertiary/aromatic N) is 2. The minimum absolute atomic E-state index is 0.0762. The summed E-state index contributed by atoms with van der Waals surface area (Å²) in [6, 6.07) is 6.54. The van der Waals surface area contributed by atoms with Crippen molar-refractivity contribution in [3.63, 3.8) is 0 Å². The Morgan fingerprint density at radius 3 is 2.75 bits per heavy atom. The topological polar surface area (TPSA) is 114 Å². The summed E-state index contributed by atoms with van der Waals surface area (Å²) in [7, 11) is 1.46. The molecule has 0 fully saturated rings. The average Bonchev–Trinajstić information content (AvgIpc) is 2.45. The van der Waals surface area contributed by atoms with Crippen LogP contribution in [-0.4, -0.2) is 41.9 Å². The second-order valence-electron chi connectivity index (χ2n) is 4.07. The van der Waals surface area contributed by atoms with Gasteiger partial charge in [0.25, 0.3) is 0 Å². The van der Waals surface area contributed by atoms with Crippen LogP contribution in [-0.2, 0) is 4.79 Å². The van der Waals surface area contributed by atoms with Crippen LogP contribution in [0.1, 0.15) is 12.0 Å². The van der Waals surface area contributed by atoms with Crippen LogP contribution in [0.25, 0.3) is 0 Å². The van der Waals surface area contributed by atoms with E-state index in [-0.39, 0.29) is 13.0 Å². The monoisotopic (exact) mass is 277 g/mol. The maximum Gasteiger partial charge on any atom is 0.326 e. The van der Waals surface area contributed by atoms with Crippen LogP contribution in [0.5, 0.6) is 0 Å². The number of amides is 2. The molecule has 0 aliphatic rings. The van der Waals surface area contributed by atoms with Gasteiger partial charge in [-0.25, -0.2) is 9.59 Å². The van der Waals surface area contributed by atoms with E-state index < -0.39 is 18.0 Å². The Bertz CT molecular complexity index is 539. The van der Waals surface area contributed by atoms with E-state index in [4.69, 9.17) is 15.5 Å². The Morgan fingerprint density at radius 1 is 1.50 bits per heavy atom. The van der Waals surface area contributed by atoms with Gasteiger partial charge < -0.3 is 15.5 Å². The molecule has 106 valence electrons. The maximum absolute atomic E-state index is 11.9. The van der Waals surface area contributed by atoms with Gasteiger partial charge in [0.2, 0.25) is 0 Å². The highest BCUT2D eigenvalue weighted by molar-refractivity contribution is 5.94. The lowest BCUT2D eigenvalue weighted by atomic mass is 10.2. The summed E-state index contributed by atoms with van der Waals surface area (Å²) in [6.07, 6.45) is -0.0762. The lowest BCUT2D eigenvalue weighted by molar-refractivity contribution is -0.139. The van der Waals surface area contributed by atoms with Gasteiger partial charge in [0.05, 0.1) is 11.6 Å². The first-order valence-corrected chi connectivity index (χ1v) is 5.87. The van der Waals surface area contributed by atoms with Gasteiger partial charge in [0, 0.05) is 25.8 Å². The Morgan fingerprint density at radius 2 is 2.20 bits per heavy atom. The molecular formula is C13H15N3O4. The minimum atomic E-state index is -1.22. The number of nitrogens with one attached hydrogen (secondary N) is 1. The number of aliphatic carboxylic acids is 1. The van der Waals surface area contributed by atoms with E-state index in [0.717, 1.165) is 0 Å². The quantitative estimate of drug-likeness (QED) is 0.726. The van der Waals surface area contributed by atoms with Crippen LogP contribution < -0.4 is 10.2 Å². The Labute approximate surface area is 116 Å². The molecular weight excluding hydrogens is 262 g/mol. The number of benzene rings is 1. The zero-order valence-electron chi connectivity index (χ0n) is 10.9. The zero-order valence-corrected chi connectivity index (χ0v) is 10.9. The number of carbonyl (C=O) groups excluding carboxylic acids is 1. The van der Waals surface area contributed by atoms with Crippen molar-refractivity contribution in [2.75, 3.05) is 18.6 Å².